The molecule has 0 radical (unpaired) electrons. The highest BCUT2D eigenvalue weighted by molar-refractivity contribution is 5.90. The number of hydrogen-bond acceptors (Lipinski definition) is 6. The predicted octanol–water partition coefficient (Wildman–Crippen LogP) is 2.98. The maximum absolute atomic E-state index is 12.2. The van der Waals surface area contributed by atoms with Crippen LogP contribution >= 0.6 is 0 Å². The van der Waals surface area contributed by atoms with Gasteiger partial charge in [-0.2, -0.15) is 0 Å². The number of carbonyl (C=O) groups excluding carboxylic acids is 2. The van der Waals surface area contributed by atoms with Gasteiger partial charge in [-0.15, -0.1) is 0 Å². The Labute approximate surface area is 164 Å². The van der Waals surface area contributed by atoms with Gasteiger partial charge in [-0.05, 0) is 37.1 Å². The van der Waals surface area contributed by atoms with Crippen molar-refractivity contribution in [3.05, 3.63) is 71.8 Å². The molecule has 28 heavy (non-hydrogen) atoms. The standard InChI is InChI=1S/C22H26O6/c1-3-17(27-21(25)15-11-7-5-8-12-15)19(23)20(24)18(4-2)28-22(26)16-13-9-6-10-14-16/h5-14,17-20,23-24H,3-4H2,1-2H3. The molecular formula is C22H26O6. The van der Waals surface area contributed by atoms with E-state index in [9.17, 15) is 19.8 Å². The summed E-state index contributed by atoms with van der Waals surface area (Å²) >= 11 is 0. The van der Waals surface area contributed by atoms with Crippen LogP contribution in [0.15, 0.2) is 60.7 Å². The zero-order chi connectivity index (χ0) is 20.5. The van der Waals surface area contributed by atoms with Crippen LogP contribution in [-0.4, -0.2) is 46.6 Å². The third kappa shape index (κ3) is 5.65. The SMILES string of the molecule is CCC(OC(=O)c1ccccc1)C(O)C(O)C(CC)OC(=O)c1ccccc1. The van der Waals surface area contributed by atoms with Crippen molar-refractivity contribution in [3.8, 4) is 0 Å². The second kappa shape index (κ2) is 10.6. The fourth-order valence-corrected chi connectivity index (χ4v) is 2.79. The van der Waals surface area contributed by atoms with E-state index in [1.807, 2.05) is 0 Å². The highest BCUT2D eigenvalue weighted by Crippen LogP contribution is 2.18. The van der Waals surface area contributed by atoms with Crippen molar-refractivity contribution in [2.24, 2.45) is 0 Å². The lowest BCUT2D eigenvalue weighted by molar-refractivity contribution is -0.113. The van der Waals surface area contributed by atoms with Crippen molar-refractivity contribution < 1.29 is 29.3 Å². The van der Waals surface area contributed by atoms with Crippen molar-refractivity contribution >= 4 is 11.9 Å². The number of benzene rings is 2. The fourth-order valence-electron chi connectivity index (χ4n) is 2.79. The molecule has 0 spiro atoms. The van der Waals surface area contributed by atoms with Crippen LogP contribution in [0.2, 0.25) is 0 Å². The number of rotatable bonds is 9. The minimum atomic E-state index is -1.40. The third-order valence-corrected chi connectivity index (χ3v) is 4.45. The van der Waals surface area contributed by atoms with E-state index >= 15 is 0 Å². The summed E-state index contributed by atoms with van der Waals surface area (Å²) in [6.45, 7) is 3.46. The van der Waals surface area contributed by atoms with Crippen LogP contribution < -0.4 is 0 Å². The Kier molecular flexibility index (Phi) is 8.17. The van der Waals surface area contributed by atoms with E-state index in [4.69, 9.17) is 9.47 Å². The fraction of sp³-hybridized carbons (Fsp3) is 0.364. The molecule has 0 aromatic heterocycles. The summed E-state index contributed by atoms with van der Waals surface area (Å²) < 4.78 is 10.7. The van der Waals surface area contributed by atoms with Gasteiger partial charge >= 0.3 is 11.9 Å². The minimum absolute atomic E-state index is 0.292. The first-order valence-electron chi connectivity index (χ1n) is 9.36. The van der Waals surface area contributed by atoms with Crippen LogP contribution in [0.5, 0.6) is 0 Å². The Morgan fingerprint density at radius 3 is 1.32 bits per heavy atom. The van der Waals surface area contributed by atoms with Crippen molar-refractivity contribution in [1.29, 1.82) is 0 Å². The molecule has 0 aliphatic carbocycles. The molecule has 0 fully saturated rings. The molecule has 0 saturated carbocycles. The average Bonchev–Trinajstić information content (AvgIpc) is 2.75. The predicted molar refractivity (Wildman–Crippen MR) is 104 cm³/mol. The molecule has 6 nitrogen and oxygen atoms in total. The molecule has 4 unspecified atom stereocenters. The van der Waals surface area contributed by atoms with Crippen LogP contribution in [0.1, 0.15) is 47.4 Å². The second-order valence-corrected chi connectivity index (χ2v) is 6.42. The first-order valence-corrected chi connectivity index (χ1v) is 9.36. The lowest BCUT2D eigenvalue weighted by Gasteiger charge is -2.30. The first-order chi connectivity index (χ1) is 13.5. The molecule has 2 aromatic carbocycles. The molecule has 2 rings (SSSR count). The zero-order valence-electron chi connectivity index (χ0n) is 16.0. The van der Waals surface area contributed by atoms with Crippen LogP contribution in [0.3, 0.4) is 0 Å². The molecule has 2 N–H and O–H groups in total. The maximum Gasteiger partial charge on any atom is 0.338 e. The normalized spacial score (nSPS) is 15.1. The highest BCUT2D eigenvalue weighted by Gasteiger charge is 2.35. The van der Waals surface area contributed by atoms with E-state index in [2.05, 4.69) is 0 Å². The molecule has 150 valence electrons. The lowest BCUT2D eigenvalue weighted by atomic mass is 9.99. The van der Waals surface area contributed by atoms with Gasteiger partial charge in [0.15, 0.2) is 0 Å². The van der Waals surface area contributed by atoms with Crippen LogP contribution in [0, 0.1) is 0 Å². The lowest BCUT2D eigenvalue weighted by Crippen LogP contribution is -2.47. The largest absolute Gasteiger partial charge is 0.456 e. The number of esters is 2. The molecule has 0 saturated heterocycles. The summed E-state index contributed by atoms with van der Waals surface area (Å²) in [6.07, 6.45) is -4.09. The summed E-state index contributed by atoms with van der Waals surface area (Å²) in [6, 6.07) is 16.8. The van der Waals surface area contributed by atoms with Crippen molar-refractivity contribution in [2.75, 3.05) is 0 Å². The summed E-state index contributed by atoms with van der Waals surface area (Å²) in [4.78, 5) is 24.5. The van der Waals surface area contributed by atoms with Crippen LogP contribution in [0.25, 0.3) is 0 Å². The van der Waals surface area contributed by atoms with Gasteiger partial charge in [0.2, 0.25) is 0 Å². The molecule has 0 aliphatic heterocycles. The van der Waals surface area contributed by atoms with E-state index in [0.717, 1.165) is 0 Å². The number of aliphatic hydroxyl groups is 2. The second-order valence-electron chi connectivity index (χ2n) is 6.42. The van der Waals surface area contributed by atoms with Gasteiger partial charge in [-0.1, -0.05) is 50.2 Å². The number of ether oxygens (including phenoxy) is 2. The van der Waals surface area contributed by atoms with Crippen LogP contribution in [0.4, 0.5) is 0 Å². The Morgan fingerprint density at radius 2 is 1.04 bits per heavy atom. The van der Waals surface area contributed by atoms with Crippen LogP contribution in [-0.2, 0) is 9.47 Å². The monoisotopic (exact) mass is 386 g/mol. The smallest absolute Gasteiger partial charge is 0.338 e. The van der Waals surface area contributed by atoms with Gasteiger partial charge in [0, 0.05) is 0 Å². The molecule has 2 aromatic rings. The van der Waals surface area contributed by atoms with Gasteiger partial charge in [0.25, 0.3) is 0 Å². The van der Waals surface area contributed by atoms with E-state index < -0.39 is 36.4 Å². The van der Waals surface area contributed by atoms with E-state index in [1.54, 1.807) is 74.5 Å². The quantitative estimate of drug-likeness (QED) is 0.644. The van der Waals surface area contributed by atoms with E-state index in [-0.39, 0.29) is 0 Å². The molecule has 0 amide bonds. The molecule has 6 heteroatoms. The van der Waals surface area contributed by atoms with E-state index in [1.165, 1.54) is 0 Å². The highest BCUT2D eigenvalue weighted by atomic mass is 16.6. The molecule has 0 aliphatic rings. The topological polar surface area (TPSA) is 93.1 Å². The Morgan fingerprint density at radius 1 is 0.714 bits per heavy atom. The Balaban J connectivity index is 2.03. The maximum atomic E-state index is 12.2. The van der Waals surface area contributed by atoms with Gasteiger partial charge < -0.3 is 19.7 Å². The summed E-state index contributed by atoms with van der Waals surface area (Å²) in [5.74, 6) is -1.18. The molecule has 0 heterocycles. The van der Waals surface area contributed by atoms with Gasteiger partial charge in [0.05, 0.1) is 11.1 Å². The summed E-state index contributed by atoms with van der Waals surface area (Å²) in [5.41, 5.74) is 0.704. The number of hydrogen-bond donors (Lipinski definition) is 2. The summed E-state index contributed by atoms with van der Waals surface area (Å²) in [7, 11) is 0. The molecule has 4 atom stereocenters. The zero-order valence-corrected chi connectivity index (χ0v) is 16.0. The van der Waals surface area contributed by atoms with Gasteiger partial charge in [0.1, 0.15) is 24.4 Å². The Bertz CT molecular complexity index is 681. The minimum Gasteiger partial charge on any atom is -0.456 e. The Hall–Kier alpha value is -2.70. The summed E-state index contributed by atoms with van der Waals surface area (Å²) in [5, 5.41) is 21.1. The van der Waals surface area contributed by atoms with Crippen molar-refractivity contribution in [1.82, 2.24) is 0 Å². The van der Waals surface area contributed by atoms with E-state index in [0.29, 0.717) is 24.0 Å². The average molecular weight is 386 g/mol. The third-order valence-electron chi connectivity index (χ3n) is 4.45. The van der Waals surface area contributed by atoms with Crippen molar-refractivity contribution in [3.63, 3.8) is 0 Å². The first kappa shape index (κ1) is 21.6. The molecular weight excluding hydrogens is 360 g/mol. The number of carbonyl (C=O) groups is 2. The molecule has 0 bridgehead atoms. The van der Waals surface area contributed by atoms with Crippen molar-refractivity contribution in [2.45, 2.75) is 51.1 Å². The number of aliphatic hydroxyl groups excluding tert-OH is 2. The van der Waals surface area contributed by atoms with Gasteiger partial charge in [-0.3, -0.25) is 0 Å². The van der Waals surface area contributed by atoms with Gasteiger partial charge in [-0.25, -0.2) is 9.59 Å².